The molecule has 1 saturated heterocycles. The molecular formula is C35H35N3O8. The summed E-state index contributed by atoms with van der Waals surface area (Å²) in [5.41, 5.74) is 2.36. The first kappa shape index (κ1) is 29.8. The molecule has 1 amide bonds. The highest BCUT2D eigenvalue weighted by Crippen LogP contribution is 2.43. The minimum atomic E-state index is -0.652. The summed E-state index contributed by atoms with van der Waals surface area (Å²) in [6, 6.07) is 14.4. The van der Waals surface area contributed by atoms with Crippen LogP contribution in [0, 0.1) is 23.0 Å². The number of hydrogen-bond donors (Lipinski definition) is 0. The molecule has 0 radical (unpaired) electrons. The maximum atomic E-state index is 13.6. The normalized spacial score (nSPS) is 19.6. The highest BCUT2D eigenvalue weighted by atomic mass is 16.6. The molecule has 5 heterocycles. The Morgan fingerprint density at radius 1 is 1.11 bits per heavy atom. The zero-order chi connectivity index (χ0) is 32.3. The Labute approximate surface area is 264 Å². The van der Waals surface area contributed by atoms with E-state index in [-0.39, 0.29) is 24.3 Å². The molecule has 0 spiro atoms. The minimum absolute atomic E-state index is 0.00725. The molecule has 2 atom stereocenters. The Hall–Kier alpha value is -4.93. The molecule has 0 aliphatic carbocycles. The molecule has 0 N–H and O–H groups in total. The minimum Gasteiger partial charge on any atom is -0.487 e. The lowest BCUT2D eigenvalue weighted by Gasteiger charge is -2.42. The second kappa shape index (κ2) is 11.1. The van der Waals surface area contributed by atoms with Crippen LogP contribution in [0.15, 0.2) is 62.5 Å². The van der Waals surface area contributed by atoms with Gasteiger partial charge in [0.1, 0.15) is 22.7 Å². The molecule has 2 bridgehead atoms. The Morgan fingerprint density at radius 2 is 1.89 bits per heavy atom. The van der Waals surface area contributed by atoms with Crippen LogP contribution in [0.4, 0.5) is 5.69 Å². The lowest BCUT2D eigenvalue weighted by molar-refractivity contribution is -0.386. The molecule has 2 unspecified atom stereocenters. The predicted octanol–water partition coefficient (Wildman–Crippen LogP) is 4.89. The number of pyridine rings is 1. The van der Waals surface area contributed by atoms with Crippen LogP contribution >= 0.6 is 0 Å². The van der Waals surface area contributed by atoms with Crippen LogP contribution in [0.2, 0.25) is 0 Å². The van der Waals surface area contributed by atoms with Gasteiger partial charge in [0.2, 0.25) is 0 Å². The summed E-state index contributed by atoms with van der Waals surface area (Å²) >= 11 is 0. The summed E-state index contributed by atoms with van der Waals surface area (Å²) in [5, 5.41) is 12.0. The fraction of sp³-hybridized carbons (Fsp3) is 0.400. The van der Waals surface area contributed by atoms with E-state index in [2.05, 4.69) is 0 Å². The molecule has 11 heteroatoms. The highest BCUT2D eigenvalue weighted by molar-refractivity contribution is 5.92. The maximum Gasteiger partial charge on any atom is 0.340 e. The van der Waals surface area contributed by atoms with Crippen LogP contribution in [0.1, 0.15) is 60.6 Å². The van der Waals surface area contributed by atoms with Gasteiger partial charge >= 0.3 is 16.9 Å². The summed E-state index contributed by atoms with van der Waals surface area (Å²) in [5.74, 6) is 0.665. The van der Waals surface area contributed by atoms with E-state index in [4.69, 9.17) is 13.9 Å². The Morgan fingerprint density at radius 3 is 2.65 bits per heavy atom. The van der Waals surface area contributed by atoms with E-state index in [9.17, 15) is 24.5 Å². The molecule has 1 fully saturated rings. The van der Waals surface area contributed by atoms with E-state index in [0.717, 1.165) is 29.5 Å². The van der Waals surface area contributed by atoms with E-state index >= 15 is 0 Å². The zero-order valence-corrected chi connectivity index (χ0v) is 26.0. The number of fused-ring (bicyclic) bond motifs is 7. The molecular weight excluding hydrogens is 590 g/mol. The number of carbonyl (C=O) groups is 1. The standard InChI is InChI=1S/C35H35N3O8/c1-20-25(14-21-7-5-4-6-8-21)34(41)45-32-24-11-12-35(2,3)46-28(24)15-29(31(20)32)44-19-30(39)36-16-22-13-23(18-36)26-9-10-27(38(42)43)33(40)37(26)17-22/h4-10,15,22-23H,11-14,16-19H2,1-3H3. The van der Waals surface area contributed by atoms with Gasteiger partial charge in [-0.1, -0.05) is 30.3 Å². The Bertz CT molecular complexity index is 2010. The second-order valence-electron chi connectivity index (χ2n) is 13.3. The number of benzene rings is 2. The molecule has 238 valence electrons. The van der Waals surface area contributed by atoms with Crippen molar-refractivity contribution in [1.82, 2.24) is 9.47 Å². The number of nitro groups is 1. The average Bonchev–Trinajstić information content (AvgIpc) is 3.01. The summed E-state index contributed by atoms with van der Waals surface area (Å²) in [6.07, 6.45) is 2.62. The SMILES string of the molecule is Cc1c(Cc2ccccc2)c(=O)oc2c3c(cc(OCC(=O)N4CC5CC(C4)c4ccc([N+](=O)[O-])c(=O)n4C5)c12)OC(C)(C)CC3. The van der Waals surface area contributed by atoms with Gasteiger partial charge in [0.25, 0.3) is 5.91 Å². The molecule has 3 aliphatic rings. The van der Waals surface area contributed by atoms with Crippen molar-refractivity contribution < 1.29 is 23.6 Å². The first-order valence-corrected chi connectivity index (χ1v) is 15.6. The lowest BCUT2D eigenvalue weighted by atomic mass is 9.83. The van der Waals surface area contributed by atoms with Crippen LogP contribution in [0.25, 0.3) is 11.0 Å². The van der Waals surface area contributed by atoms with Crippen LogP contribution in [0.5, 0.6) is 11.5 Å². The van der Waals surface area contributed by atoms with Gasteiger partial charge in [0.05, 0.1) is 10.3 Å². The lowest BCUT2D eigenvalue weighted by Crippen LogP contribution is -2.50. The van der Waals surface area contributed by atoms with Crippen molar-refractivity contribution in [3.8, 4) is 11.5 Å². The molecule has 4 aromatic rings. The van der Waals surface area contributed by atoms with Gasteiger partial charge in [-0.05, 0) is 63.1 Å². The van der Waals surface area contributed by atoms with Crippen molar-refractivity contribution in [1.29, 1.82) is 0 Å². The zero-order valence-electron chi connectivity index (χ0n) is 26.0. The topological polar surface area (TPSA) is 134 Å². The number of hydrogen-bond acceptors (Lipinski definition) is 8. The van der Waals surface area contributed by atoms with E-state index in [1.807, 2.05) is 57.2 Å². The third-order valence-electron chi connectivity index (χ3n) is 9.65. The van der Waals surface area contributed by atoms with Gasteiger partial charge in [-0.2, -0.15) is 0 Å². The van der Waals surface area contributed by atoms with Gasteiger partial charge in [-0.3, -0.25) is 19.7 Å². The van der Waals surface area contributed by atoms with Crippen LogP contribution in [0.3, 0.4) is 0 Å². The third-order valence-corrected chi connectivity index (χ3v) is 9.65. The van der Waals surface area contributed by atoms with Gasteiger partial charge in [-0.15, -0.1) is 0 Å². The number of aryl methyl sites for hydroxylation is 2. The molecule has 46 heavy (non-hydrogen) atoms. The Kier molecular flexibility index (Phi) is 7.21. The van der Waals surface area contributed by atoms with Crippen LogP contribution in [-0.4, -0.2) is 45.6 Å². The van der Waals surface area contributed by atoms with Crippen molar-refractivity contribution in [2.24, 2.45) is 5.92 Å². The van der Waals surface area contributed by atoms with Crippen LogP contribution < -0.4 is 20.7 Å². The number of ether oxygens (including phenoxy) is 2. The van der Waals surface area contributed by atoms with Gasteiger partial charge in [0.15, 0.2) is 6.61 Å². The average molecular weight is 626 g/mol. The third kappa shape index (κ3) is 5.23. The van der Waals surface area contributed by atoms with Gasteiger partial charge in [0, 0.05) is 60.9 Å². The van der Waals surface area contributed by atoms with E-state index < -0.39 is 27.4 Å². The largest absolute Gasteiger partial charge is 0.487 e. The first-order chi connectivity index (χ1) is 22.0. The molecule has 7 rings (SSSR count). The summed E-state index contributed by atoms with van der Waals surface area (Å²) < 4.78 is 20.1. The van der Waals surface area contributed by atoms with E-state index in [1.54, 1.807) is 11.0 Å². The quantitative estimate of drug-likeness (QED) is 0.168. The molecule has 3 aliphatic heterocycles. The van der Waals surface area contributed by atoms with Crippen molar-refractivity contribution in [2.45, 2.75) is 64.5 Å². The molecule has 11 nitrogen and oxygen atoms in total. The summed E-state index contributed by atoms with van der Waals surface area (Å²) in [4.78, 5) is 52.2. The summed E-state index contributed by atoms with van der Waals surface area (Å²) in [6.45, 7) is 6.79. The predicted molar refractivity (Wildman–Crippen MR) is 170 cm³/mol. The van der Waals surface area contributed by atoms with Gasteiger partial charge < -0.3 is 23.4 Å². The number of nitrogens with zero attached hydrogens (tertiary/aromatic N) is 3. The number of piperidine rings is 1. The second-order valence-corrected chi connectivity index (χ2v) is 13.3. The van der Waals surface area contributed by atoms with Gasteiger partial charge in [-0.25, -0.2) is 4.79 Å². The van der Waals surface area contributed by atoms with Crippen molar-refractivity contribution in [3.05, 3.63) is 107 Å². The Balaban J connectivity index is 1.19. The van der Waals surface area contributed by atoms with Crippen LogP contribution in [-0.2, 0) is 24.2 Å². The number of likely N-dealkylation sites (tertiary alicyclic amines) is 1. The first-order valence-electron chi connectivity index (χ1n) is 15.6. The summed E-state index contributed by atoms with van der Waals surface area (Å²) in [7, 11) is 0. The van der Waals surface area contributed by atoms with Crippen molar-refractivity contribution in [2.75, 3.05) is 19.7 Å². The fourth-order valence-electron chi connectivity index (χ4n) is 7.31. The van der Waals surface area contributed by atoms with E-state index in [1.165, 1.54) is 10.6 Å². The maximum absolute atomic E-state index is 13.6. The molecule has 2 aromatic carbocycles. The van der Waals surface area contributed by atoms with E-state index in [0.29, 0.717) is 66.2 Å². The number of carbonyl (C=O) groups excluding carboxylic acids is 1. The van der Waals surface area contributed by atoms with Crippen molar-refractivity contribution in [3.63, 3.8) is 0 Å². The molecule has 0 saturated carbocycles. The number of amides is 1. The highest BCUT2D eigenvalue weighted by Gasteiger charge is 2.38. The van der Waals surface area contributed by atoms with Crippen molar-refractivity contribution >= 4 is 22.6 Å². The molecule has 2 aromatic heterocycles. The number of rotatable bonds is 6. The monoisotopic (exact) mass is 625 g/mol. The smallest absolute Gasteiger partial charge is 0.340 e. The number of aromatic nitrogens is 1. The fourth-order valence-corrected chi connectivity index (χ4v) is 7.31.